The summed E-state index contributed by atoms with van der Waals surface area (Å²) in [5.41, 5.74) is 1.43. The lowest BCUT2D eigenvalue weighted by molar-refractivity contribution is 0.708. The van der Waals surface area contributed by atoms with Gasteiger partial charge in [0.05, 0.1) is 5.69 Å². The molecule has 2 bridgehead atoms. The van der Waals surface area contributed by atoms with Gasteiger partial charge in [-0.05, 0) is 39.0 Å². The molecule has 1 saturated carbocycles. The average molecular weight is 208 g/mol. The van der Waals surface area contributed by atoms with E-state index in [2.05, 4.69) is 19.2 Å². The third kappa shape index (κ3) is 1.18. The highest BCUT2D eigenvalue weighted by molar-refractivity contribution is 7.15. The number of fused-ring (bicyclic) bond motifs is 5. The molecule has 0 radical (unpaired) electrons. The summed E-state index contributed by atoms with van der Waals surface area (Å²) in [5.74, 6) is 1.66. The highest BCUT2D eigenvalue weighted by atomic mass is 32.1. The molecular formula is C11H16N2S. The van der Waals surface area contributed by atoms with Crippen LogP contribution in [0.5, 0.6) is 0 Å². The molecule has 14 heavy (non-hydrogen) atoms. The smallest absolute Gasteiger partial charge is 0.183 e. The Bertz CT molecular complexity index is 329. The van der Waals surface area contributed by atoms with Crippen LogP contribution in [-0.2, 0) is 0 Å². The number of aromatic nitrogens is 1. The van der Waals surface area contributed by atoms with Gasteiger partial charge in [-0.3, -0.25) is 0 Å². The van der Waals surface area contributed by atoms with E-state index in [1.54, 1.807) is 4.88 Å². The molecule has 3 rings (SSSR count). The maximum atomic E-state index is 4.72. The summed E-state index contributed by atoms with van der Waals surface area (Å²) >= 11 is 1.89. The van der Waals surface area contributed by atoms with Gasteiger partial charge in [0.2, 0.25) is 0 Å². The molecule has 76 valence electrons. The van der Waals surface area contributed by atoms with Crippen molar-refractivity contribution in [3.63, 3.8) is 0 Å². The van der Waals surface area contributed by atoms with E-state index >= 15 is 0 Å². The van der Waals surface area contributed by atoms with Gasteiger partial charge in [-0.25, -0.2) is 4.98 Å². The van der Waals surface area contributed by atoms with Crippen molar-refractivity contribution in [3.8, 4) is 0 Å². The monoisotopic (exact) mass is 208 g/mol. The van der Waals surface area contributed by atoms with Gasteiger partial charge in [0.1, 0.15) is 0 Å². The van der Waals surface area contributed by atoms with Crippen molar-refractivity contribution < 1.29 is 0 Å². The summed E-state index contributed by atoms with van der Waals surface area (Å²) in [6.45, 7) is 4.34. The lowest BCUT2D eigenvalue weighted by Gasteiger charge is -2.06. The summed E-state index contributed by atoms with van der Waals surface area (Å²) in [5, 5.41) is 4.55. The number of anilines is 1. The Morgan fingerprint density at radius 1 is 1.36 bits per heavy atom. The maximum absolute atomic E-state index is 4.72. The second-order valence-electron chi connectivity index (χ2n) is 4.77. The Kier molecular flexibility index (Phi) is 1.84. The van der Waals surface area contributed by atoms with Crippen LogP contribution in [0, 0.1) is 0 Å². The summed E-state index contributed by atoms with van der Waals surface area (Å²) < 4.78 is 0. The molecule has 1 heterocycles. The molecule has 2 atom stereocenters. The quantitative estimate of drug-likeness (QED) is 0.806. The molecule has 0 saturated heterocycles. The SMILES string of the molecule is CC(C)Nc1nc2c(s1)C1CCC2C1. The van der Waals surface area contributed by atoms with Crippen molar-refractivity contribution in [3.05, 3.63) is 10.6 Å². The van der Waals surface area contributed by atoms with Crippen molar-refractivity contribution in [2.24, 2.45) is 0 Å². The summed E-state index contributed by atoms with van der Waals surface area (Å²) in [6, 6.07) is 0.499. The zero-order chi connectivity index (χ0) is 9.71. The van der Waals surface area contributed by atoms with Gasteiger partial charge in [-0.2, -0.15) is 0 Å². The highest BCUT2D eigenvalue weighted by Crippen LogP contribution is 2.55. The van der Waals surface area contributed by atoms with Crippen LogP contribution >= 0.6 is 11.3 Å². The third-order valence-electron chi connectivity index (χ3n) is 3.28. The van der Waals surface area contributed by atoms with Gasteiger partial charge >= 0.3 is 0 Å². The fourth-order valence-electron chi connectivity index (χ4n) is 2.71. The van der Waals surface area contributed by atoms with E-state index in [-0.39, 0.29) is 0 Å². The average Bonchev–Trinajstić information content (AvgIpc) is 2.69. The van der Waals surface area contributed by atoms with Crippen LogP contribution in [0.3, 0.4) is 0 Å². The third-order valence-corrected chi connectivity index (χ3v) is 4.45. The van der Waals surface area contributed by atoms with E-state index in [1.165, 1.54) is 25.0 Å². The van der Waals surface area contributed by atoms with E-state index in [9.17, 15) is 0 Å². The first kappa shape index (κ1) is 8.72. The van der Waals surface area contributed by atoms with Crippen molar-refractivity contribution in [1.29, 1.82) is 0 Å². The Hall–Kier alpha value is -0.570. The number of thiazole rings is 1. The molecule has 2 nitrogen and oxygen atoms in total. The van der Waals surface area contributed by atoms with Gasteiger partial charge in [-0.1, -0.05) is 0 Å². The van der Waals surface area contributed by atoms with Crippen LogP contribution in [0.2, 0.25) is 0 Å². The van der Waals surface area contributed by atoms with Crippen LogP contribution in [0.15, 0.2) is 0 Å². The van der Waals surface area contributed by atoms with E-state index in [0.717, 1.165) is 17.0 Å². The van der Waals surface area contributed by atoms with Gasteiger partial charge in [0.15, 0.2) is 5.13 Å². The van der Waals surface area contributed by atoms with Crippen molar-refractivity contribution in [2.75, 3.05) is 5.32 Å². The molecule has 1 fully saturated rings. The van der Waals surface area contributed by atoms with Crippen LogP contribution in [-0.4, -0.2) is 11.0 Å². The predicted molar refractivity (Wildman–Crippen MR) is 60.2 cm³/mol. The second kappa shape index (κ2) is 2.96. The van der Waals surface area contributed by atoms with E-state index in [0.29, 0.717) is 6.04 Å². The number of hydrogen-bond donors (Lipinski definition) is 1. The van der Waals surface area contributed by atoms with Gasteiger partial charge in [-0.15, -0.1) is 11.3 Å². The molecule has 2 unspecified atom stereocenters. The van der Waals surface area contributed by atoms with E-state index in [1.807, 2.05) is 11.3 Å². The molecular weight excluding hydrogens is 192 g/mol. The van der Waals surface area contributed by atoms with Crippen LogP contribution in [0.25, 0.3) is 0 Å². The number of hydrogen-bond acceptors (Lipinski definition) is 3. The first-order valence-electron chi connectivity index (χ1n) is 5.51. The zero-order valence-electron chi connectivity index (χ0n) is 8.71. The van der Waals surface area contributed by atoms with E-state index < -0.39 is 0 Å². The minimum Gasteiger partial charge on any atom is -0.359 e. The minimum atomic E-state index is 0.499. The van der Waals surface area contributed by atoms with Crippen molar-refractivity contribution in [1.82, 2.24) is 4.98 Å². The highest BCUT2D eigenvalue weighted by Gasteiger charge is 2.40. The lowest BCUT2D eigenvalue weighted by atomic mass is 10.0. The summed E-state index contributed by atoms with van der Waals surface area (Å²) in [6.07, 6.45) is 4.17. The van der Waals surface area contributed by atoms with Gasteiger partial charge in [0.25, 0.3) is 0 Å². The van der Waals surface area contributed by atoms with Crippen LogP contribution < -0.4 is 5.32 Å². The normalized spacial score (nSPS) is 28.5. The molecule has 0 spiro atoms. The maximum Gasteiger partial charge on any atom is 0.183 e. The molecule has 1 aromatic heterocycles. The van der Waals surface area contributed by atoms with Crippen LogP contribution in [0.4, 0.5) is 5.13 Å². The molecule has 3 heteroatoms. The Morgan fingerprint density at radius 3 is 2.86 bits per heavy atom. The molecule has 2 aliphatic rings. The predicted octanol–water partition coefficient (Wildman–Crippen LogP) is 3.33. The fourth-order valence-corrected chi connectivity index (χ4v) is 4.05. The molecule has 1 N–H and O–H groups in total. The lowest BCUT2D eigenvalue weighted by Crippen LogP contribution is -2.09. The Balaban J connectivity index is 1.91. The first-order chi connectivity index (χ1) is 6.74. The number of rotatable bonds is 2. The zero-order valence-corrected chi connectivity index (χ0v) is 9.53. The molecule has 0 aliphatic heterocycles. The fraction of sp³-hybridized carbons (Fsp3) is 0.727. The second-order valence-corrected chi connectivity index (χ2v) is 5.81. The molecule has 2 aliphatic carbocycles. The standard InChI is InChI=1S/C11H16N2S/c1-6(2)12-11-13-9-7-3-4-8(5-7)10(9)14-11/h6-8H,3-5H2,1-2H3,(H,12,13). The number of nitrogens with zero attached hydrogens (tertiary/aromatic N) is 1. The Morgan fingerprint density at radius 2 is 2.14 bits per heavy atom. The van der Waals surface area contributed by atoms with Crippen molar-refractivity contribution in [2.45, 2.75) is 51.0 Å². The van der Waals surface area contributed by atoms with Crippen LogP contribution in [0.1, 0.15) is 55.5 Å². The van der Waals surface area contributed by atoms with Crippen molar-refractivity contribution >= 4 is 16.5 Å². The number of nitrogens with one attached hydrogen (secondary N) is 1. The Labute approximate surface area is 88.7 Å². The van der Waals surface area contributed by atoms with E-state index in [4.69, 9.17) is 4.98 Å². The van der Waals surface area contributed by atoms with Gasteiger partial charge in [0, 0.05) is 16.8 Å². The first-order valence-corrected chi connectivity index (χ1v) is 6.33. The molecule has 0 amide bonds. The summed E-state index contributed by atoms with van der Waals surface area (Å²) in [7, 11) is 0. The molecule has 1 aromatic rings. The molecule has 0 aromatic carbocycles. The largest absolute Gasteiger partial charge is 0.359 e. The minimum absolute atomic E-state index is 0.499. The van der Waals surface area contributed by atoms with Gasteiger partial charge < -0.3 is 5.32 Å². The topological polar surface area (TPSA) is 24.9 Å². The summed E-state index contributed by atoms with van der Waals surface area (Å²) in [4.78, 5) is 6.31.